The number of nitrogens with zero attached hydrogens (tertiary/aromatic N) is 7. The number of carbonyl (C=O) groups excluding carboxylic acids is 1. The lowest BCUT2D eigenvalue weighted by atomic mass is 10.1. The van der Waals surface area contributed by atoms with Crippen LogP contribution in [0.2, 0.25) is 0 Å². The van der Waals surface area contributed by atoms with Crippen LogP contribution in [0.5, 0.6) is 0 Å². The predicted molar refractivity (Wildman–Crippen MR) is 117 cm³/mol. The first-order valence-electron chi connectivity index (χ1n) is 9.73. The molecule has 4 heterocycles. The second-order valence-electron chi connectivity index (χ2n) is 7.39. The van der Waals surface area contributed by atoms with Crippen molar-refractivity contribution in [2.45, 2.75) is 6.92 Å². The molecule has 0 aliphatic carbocycles. The van der Waals surface area contributed by atoms with Crippen LogP contribution < -0.4 is 5.32 Å². The Kier molecular flexibility index (Phi) is 4.36. The van der Waals surface area contributed by atoms with E-state index >= 15 is 0 Å². The Morgan fingerprint density at radius 2 is 1.81 bits per heavy atom. The number of benzene rings is 1. The topological polar surface area (TPSA) is 94.9 Å². The van der Waals surface area contributed by atoms with Crippen LogP contribution in [-0.2, 0) is 14.1 Å². The van der Waals surface area contributed by atoms with Gasteiger partial charge >= 0.3 is 0 Å². The van der Waals surface area contributed by atoms with Crippen molar-refractivity contribution < 1.29 is 4.79 Å². The highest BCUT2D eigenvalue weighted by atomic mass is 16.1. The second kappa shape index (κ2) is 7.21. The molecule has 0 radical (unpaired) electrons. The normalized spacial score (nSPS) is 11.2. The molecule has 0 spiro atoms. The molecule has 1 amide bonds. The van der Waals surface area contributed by atoms with Gasteiger partial charge in [0.1, 0.15) is 17.7 Å². The molecule has 1 aromatic carbocycles. The molecule has 9 heteroatoms. The lowest BCUT2D eigenvalue weighted by Gasteiger charge is -2.10. The zero-order valence-electron chi connectivity index (χ0n) is 17.3. The van der Waals surface area contributed by atoms with Gasteiger partial charge in [0.15, 0.2) is 5.82 Å². The summed E-state index contributed by atoms with van der Waals surface area (Å²) in [5, 5.41) is 11.7. The summed E-state index contributed by atoms with van der Waals surface area (Å²) in [6.07, 6.45) is 6.95. The number of amides is 1. The highest BCUT2D eigenvalue weighted by Crippen LogP contribution is 2.24. The van der Waals surface area contributed by atoms with E-state index < -0.39 is 0 Å². The van der Waals surface area contributed by atoms with Crippen LogP contribution in [0.1, 0.15) is 16.1 Å². The van der Waals surface area contributed by atoms with Crippen LogP contribution in [0, 0.1) is 6.92 Å². The summed E-state index contributed by atoms with van der Waals surface area (Å²) < 4.78 is 5.16. The Morgan fingerprint density at radius 1 is 0.935 bits per heavy atom. The number of aromatic nitrogens is 7. The summed E-state index contributed by atoms with van der Waals surface area (Å²) in [6, 6.07) is 11.5. The molecule has 154 valence electrons. The molecule has 1 N–H and O–H groups in total. The van der Waals surface area contributed by atoms with Crippen molar-refractivity contribution in [2.24, 2.45) is 14.1 Å². The van der Waals surface area contributed by atoms with Crippen LogP contribution in [0.25, 0.3) is 28.3 Å². The van der Waals surface area contributed by atoms with E-state index in [0.717, 1.165) is 22.4 Å². The van der Waals surface area contributed by atoms with Gasteiger partial charge < -0.3 is 5.32 Å². The van der Waals surface area contributed by atoms with E-state index in [1.165, 1.54) is 0 Å². The number of fused-ring (bicyclic) bond motifs is 1. The maximum atomic E-state index is 13.0. The van der Waals surface area contributed by atoms with E-state index in [2.05, 4.69) is 25.5 Å². The minimum atomic E-state index is -0.243. The quantitative estimate of drug-likeness (QED) is 0.489. The van der Waals surface area contributed by atoms with Crippen LogP contribution in [0.3, 0.4) is 0 Å². The van der Waals surface area contributed by atoms with Crippen molar-refractivity contribution in [1.82, 2.24) is 33.9 Å². The van der Waals surface area contributed by atoms with Crippen molar-refractivity contribution >= 4 is 17.2 Å². The molecule has 0 saturated carbocycles. The third-order valence-electron chi connectivity index (χ3n) is 5.10. The van der Waals surface area contributed by atoms with Gasteiger partial charge in [0.25, 0.3) is 5.91 Å². The molecule has 0 bridgehead atoms. The van der Waals surface area contributed by atoms with E-state index in [9.17, 15) is 4.79 Å². The molecule has 0 atom stereocenters. The first-order chi connectivity index (χ1) is 15.0. The van der Waals surface area contributed by atoms with Gasteiger partial charge in [-0.3, -0.25) is 18.6 Å². The Hall–Kier alpha value is -4.27. The number of hydrogen-bond donors (Lipinski definition) is 1. The minimum absolute atomic E-state index is 0.243. The Balaban J connectivity index is 1.44. The van der Waals surface area contributed by atoms with Gasteiger partial charge in [-0.15, -0.1) is 0 Å². The highest BCUT2D eigenvalue weighted by molar-refractivity contribution is 6.04. The summed E-state index contributed by atoms with van der Waals surface area (Å²) in [4.78, 5) is 21.7. The average Bonchev–Trinajstić information content (AvgIpc) is 3.48. The van der Waals surface area contributed by atoms with Crippen LogP contribution in [0.15, 0.2) is 61.3 Å². The van der Waals surface area contributed by atoms with Crippen LogP contribution >= 0.6 is 0 Å². The van der Waals surface area contributed by atoms with E-state index in [1.807, 2.05) is 69.8 Å². The highest BCUT2D eigenvalue weighted by Gasteiger charge is 2.15. The summed E-state index contributed by atoms with van der Waals surface area (Å²) in [5.74, 6) is 0.363. The fraction of sp³-hybridized carbons (Fsp3) is 0.136. The molecule has 0 aliphatic rings. The fourth-order valence-electron chi connectivity index (χ4n) is 3.43. The molecule has 5 aromatic rings. The van der Waals surface area contributed by atoms with Gasteiger partial charge in [-0.25, -0.2) is 9.97 Å². The van der Waals surface area contributed by atoms with E-state index in [1.54, 1.807) is 26.3 Å². The van der Waals surface area contributed by atoms with Crippen molar-refractivity contribution in [3.8, 4) is 22.6 Å². The zero-order chi connectivity index (χ0) is 21.5. The fourth-order valence-corrected chi connectivity index (χ4v) is 3.43. The van der Waals surface area contributed by atoms with Gasteiger partial charge in [0.2, 0.25) is 0 Å². The average molecular weight is 412 g/mol. The number of nitrogens with one attached hydrogen (secondary N) is 1. The predicted octanol–water partition coefficient (Wildman–Crippen LogP) is 3.09. The first kappa shape index (κ1) is 18.7. The molecule has 0 saturated heterocycles. The molecular formula is C22H20N8O. The Bertz CT molecular complexity index is 1420. The van der Waals surface area contributed by atoms with Gasteiger partial charge in [0.05, 0.1) is 11.9 Å². The number of imidazole rings is 1. The molecule has 9 nitrogen and oxygen atoms in total. The van der Waals surface area contributed by atoms with Gasteiger partial charge in [-0.2, -0.15) is 10.2 Å². The van der Waals surface area contributed by atoms with E-state index in [4.69, 9.17) is 0 Å². The van der Waals surface area contributed by atoms with Crippen molar-refractivity contribution in [3.63, 3.8) is 0 Å². The van der Waals surface area contributed by atoms with Gasteiger partial charge in [-0.05, 0) is 36.8 Å². The maximum absolute atomic E-state index is 13.0. The molecule has 4 aromatic heterocycles. The minimum Gasteiger partial charge on any atom is -0.320 e. The molecular weight excluding hydrogens is 392 g/mol. The SMILES string of the molecule is Cc1ccc(-c2ncn(C)n2)cc1NC(=O)c1cnc2cc(-c3ccn(C)n3)ccn12. The maximum Gasteiger partial charge on any atom is 0.274 e. The molecule has 0 aliphatic heterocycles. The second-order valence-corrected chi connectivity index (χ2v) is 7.39. The summed E-state index contributed by atoms with van der Waals surface area (Å²) in [7, 11) is 3.69. The van der Waals surface area contributed by atoms with Crippen molar-refractivity contribution in [3.05, 3.63) is 72.6 Å². The zero-order valence-corrected chi connectivity index (χ0v) is 17.3. The third kappa shape index (κ3) is 3.46. The van der Waals surface area contributed by atoms with Crippen LogP contribution in [0.4, 0.5) is 5.69 Å². The molecule has 0 unspecified atom stereocenters. The van der Waals surface area contributed by atoms with Gasteiger partial charge in [-0.1, -0.05) is 12.1 Å². The Morgan fingerprint density at radius 3 is 2.55 bits per heavy atom. The lowest BCUT2D eigenvalue weighted by molar-refractivity contribution is 0.102. The molecule has 31 heavy (non-hydrogen) atoms. The smallest absolute Gasteiger partial charge is 0.274 e. The standard InChI is InChI=1S/C22H20N8O/c1-14-4-5-16(21-24-13-29(3)27-21)10-18(14)25-22(31)19-12-23-20-11-15(6-9-30(19)20)17-7-8-28(2)26-17/h4-13H,1-3H3,(H,25,31). The Labute approximate surface area is 178 Å². The van der Waals surface area contributed by atoms with E-state index in [0.29, 0.717) is 22.9 Å². The monoisotopic (exact) mass is 412 g/mol. The first-order valence-corrected chi connectivity index (χ1v) is 9.73. The number of rotatable bonds is 4. The number of aryl methyl sites for hydroxylation is 3. The largest absolute Gasteiger partial charge is 0.320 e. The van der Waals surface area contributed by atoms with Crippen molar-refractivity contribution in [2.75, 3.05) is 5.32 Å². The van der Waals surface area contributed by atoms with Crippen LogP contribution in [-0.4, -0.2) is 39.8 Å². The summed E-state index contributed by atoms with van der Waals surface area (Å²) >= 11 is 0. The number of pyridine rings is 1. The van der Waals surface area contributed by atoms with Crippen molar-refractivity contribution in [1.29, 1.82) is 0 Å². The molecule has 5 rings (SSSR count). The molecule has 0 fully saturated rings. The number of hydrogen-bond acceptors (Lipinski definition) is 5. The van der Waals surface area contributed by atoms with E-state index in [-0.39, 0.29) is 5.91 Å². The summed E-state index contributed by atoms with van der Waals surface area (Å²) in [6.45, 7) is 1.94. The summed E-state index contributed by atoms with van der Waals surface area (Å²) in [5.41, 5.74) is 5.40. The number of anilines is 1. The lowest BCUT2D eigenvalue weighted by Crippen LogP contribution is -2.15. The van der Waals surface area contributed by atoms with Gasteiger partial charge in [0, 0.05) is 43.3 Å². The third-order valence-corrected chi connectivity index (χ3v) is 5.10. The number of carbonyl (C=O) groups is 1.